The summed E-state index contributed by atoms with van der Waals surface area (Å²) in [6.07, 6.45) is -2.04. The van der Waals surface area contributed by atoms with Crippen LogP contribution in [0.15, 0.2) is 0 Å². The van der Waals surface area contributed by atoms with Gasteiger partial charge < -0.3 is 30.9 Å². The van der Waals surface area contributed by atoms with Crippen LogP contribution in [0.3, 0.4) is 0 Å². The van der Waals surface area contributed by atoms with Gasteiger partial charge in [0.25, 0.3) is 0 Å². The second-order valence-electron chi connectivity index (χ2n) is 9.66. The van der Waals surface area contributed by atoms with Crippen LogP contribution in [-0.2, 0) is 4.74 Å². The third-order valence-electron chi connectivity index (χ3n) is 7.32. The molecule has 0 amide bonds. The van der Waals surface area contributed by atoms with E-state index in [-0.39, 0.29) is 29.7 Å². The van der Waals surface area contributed by atoms with E-state index >= 15 is 0 Å². The number of alkyl halides is 2. The lowest BCUT2D eigenvalue weighted by Crippen LogP contribution is -2.68. The molecule has 4 aliphatic rings. The Morgan fingerprint density at radius 3 is 2.84 bits per heavy atom. The van der Waals surface area contributed by atoms with Crippen LogP contribution in [0.5, 0.6) is 0 Å². The van der Waals surface area contributed by atoms with Crippen LogP contribution >= 0.6 is 11.6 Å². The molecule has 12 heteroatoms. The number of nitrogens with one attached hydrogen (secondary N) is 4. The van der Waals surface area contributed by atoms with E-state index in [0.29, 0.717) is 39.4 Å². The first-order valence-electron chi connectivity index (χ1n) is 11.8. The molecule has 3 saturated heterocycles. The van der Waals surface area contributed by atoms with E-state index in [1.807, 2.05) is 11.9 Å². The van der Waals surface area contributed by atoms with Crippen molar-refractivity contribution >= 4 is 11.6 Å². The molecule has 32 heavy (non-hydrogen) atoms. The van der Waals surface area contributed by atoms with Gasteiger partial charge in [0.05, 0.1) is 25.0 Å². The van der Waals surface area contributed by atoms with Crippen LogP contribution in [0.25, 0.3) is 0 Å². The summed E-state index contributed by atoms with van der Waals surface area (Å²) in [4.78, 5) is 4.05. The minimum atomic E-state index is -1.00. The molecule has 1 saturated carbocycles. The second kappa shape index (κ2) is 11.0. The zero-order valence-corrected chi connectivity index (χ0v) is 19.4. The first kappa shape index (κ1) is 24.9. The van der Waals surface area contributed by atoms with Crippen molar-refractivity contribution in [2.24, 2.45) is 11.7 Å². The topological polar surface area (TPSA) is 130 Å². The summed E-state index contributed by atoms with van der Waals surface area (Å²) in [5, 5.41) is 34.4. The van der Waals surface area contributed by atoms with Gasteiger partial charge in [-0.3, -0.25) is 16.0 Å². The van der Waals surface area contributed by atoms with E-state index in [9.17, 15) is 14.6 Å². The molecule has 10 nitrogen and oxygen atoms in total. The van der Waals surface area contributed by atoms with Gasteiger partial charge in [0.1, 0.15) is 30.7 Å². The summed E-state index contributed by atoms with van der Waals surface area (Å²) in [7, 11) is 1.95. The summed E-state index contributed by atoms with van der Waals surface area (Å²) >= 11 is 6.04. The van der Waals surface area contributed by atoms with Crippen LogP contribution < -0.4 is 27.0 Å². The third kappa shape index (κ3) is 5.55. The van der Waals surface area contributed by atoms with Crippen LogP contribution in [0, 0.1) is 5.92 Å². The van der Waals surface area contributed by atoms with E-state index in [0.717, 1.165) is 19.4 Å². The number of ether oxygens (including phenoxy) is 1. The molecule has 0 spiro atoms. The Morgan fingerprint density at radius 1 is 1.25 bits per heavy atom. The SMILES string of the molecule is CN(CCNCC1CCC(Cl)CC1F)C[C@H]1O[C@@H](N2CNC3C(N)NCNC32)[C@H](O)[C@@H]1O. The maximum atomic E-state index is 14.1. The molecule has 3 aliphatic heterocycles. The van der Waals surface area contributed by atoms with Gasteiger partial charge in [0.2, 0.25) is 0 Å². The van der Waals surface area contributed by atoms with Gasteiger partial charge >= 0.3 is 0 Å². The molecule has 4 fully saturated rings. The van der Waals surface area contributed by atoms with Gasteiger partial charge in [-0.05, 0) is 26.3 Å². The molecule has 0 aromatic heterocycles. The predicted octanol–water partition coefficient (Wildman–Crippen LogP) is -2.31. The average molecular weight is 480 g/mol. The van der Waals surface area contributed by atoms with Crippen molar-refractivity contribution in [3.63, 3.8) is 0 Å². The fourth-order valence-corrected chi connectivity index (χ4v) is 5.62. The molecule has 0 bridgehead atoms. The Balaban J connectivity index is 1.20. The maximum absolute atomic E-state index is 14.1. The minimum absolute atomic E-state index is 0.00658. The second-order valence-corrected chi connectivity index (χ2v) is 10.3. The zero-order chi connectivity index (χ0) is 22.8. The number of hydrogen-bond acceptors (Lipinski definition) is 10. The number of fused-ring (bicyclic) bond motifs is 1. The van der Waals surface area contributed by atoms with Gasteiger partial charge in [-0.15, -0.1) is 11.6 Å². The minimum Gasteiger partial charge on any atom is -0.387 e. The van der Waals surface area contributed by atoms with E-state index in [4.69, 9.17) is 22.1 Å². The maximum Gasteiger partial charge on any atom is 0.142 e. The Kier molecular flexibility index (Phi) is 8.60. The summed E-state index contributed by atoms with van der Waals surface area (Å²) in [6, 6.07) is -0.00658. The van der Waals surface area contributed by atoms with Gasteiger partial charge in [-0.25, -0.2) is 9.29 Å². The molecule has 0 radical (unpaired) electrons. The van der Waals surface area contributed by atoms with Gasteiger partial charge in [0, 0.05) is 44.1 Å². The highest BCUT2D eigenvalue weighted by atomic mass is 35.5. The fourth-order valence-electron chi connectivity index (χ4n) is 5.32. The summed E-state index contributed by atoms with van der Waals surface area (Å²) in [5.74, 6) is 0.0285. The van der Waals surface area contributed by atoms with Crippen molar-refractivity contribution in [3.8, 4) is 0 Å². The monoisotopic (exact) mass is 479 g/mol. The molecular formula is C20H39ClFN7O3. The van der Waals surface area contributed by atoms with E-state index in [1.54, 1.807) is 0 Å². The Bertz CT molecular complexity index is 614. The van der Waals surface area contributed by atoms with Gasteiger partial charge in [0.15, 0.2) is 0 Å². The average Bonchev–Trinajstić information content (AvgIpc) is 3.30. The molecule has 10 atom stereocenters. The van der Waals surface area contributed by atoms with Gasteiger partial charge in [-0.1, -0.05) is 0 Å². The summed E-state index contributed by atoms with van der Waals surface area (Å²) < 4.78 is 20.2. The van der Waals surface area contributed by atoms with Crippen LogP contribution in [0.4, 0.5) is 4.39 Å². The van der Waals surface area contributed by atoms with Crippen molar-refractivity contribution in [2.75, 3.05) is 46.6 Å². The number of aliphatic hydroxyl groups is 2. The quantitative estimate of drug-likeness (QED) is 0.151. The molecular weight excluding hydrogens is 441 g/mol. The highest BCUT2D eigenvalue weighted by molar-refractivity contribution is 6.20. The molecule has 6 unspecified atom stereocenters. The number of nitrogens with two attached hydrogens (primary N) is 1. The lowest BCUT2D eigenvalue weighted by molar-refractivity contribution is -0.106. The number of halogens is 2. The first-order valence-corrected chi connectivity index (χ1v) is 12.2. The Labute approximate surface area is 194 Å². The zero-order valence-electron chi connectivity index (χ0n) is 18.7. The lowest BCUT2D eigenvalue weighted by Gasteiger charge is -2.38. The van der Waals surface area contributed by atoms with Crippen molar-refractivity contribution < 1.29 is 19.3 Å². The van der Waals surface area contributed by atoms with E-state index in [2.05, 4.69) is 26.2 Å². The summed E-state index contributed by atoms with van der Waals surface area (Å²) in [6.45, 7) is 3.67. The molecule has 1 aliphatic carbocycles. The third-order valence-corrected chi connectivity index (χ3v) is 7.71. The highest BCUT2D eigenvalue weighted by Crippen LogP contribution is 2.30. The predicted molar refractivity (Wildman–Crippen MR) is 119 cm³/mol. The van der Waals surface area contributed by atoms with E-state index in [1.165, 1.54) is 0 Å². The smallest absolute Gasteiger partial charge is 0.142 e. The first-order chi connectivity index (χ1) is 15.3. The largest absolute Gasteiger partial charge is 0.387 e. The normalized spacial score (nSPS) is 45.5. The van der Waals surface area contributed by atoms with Crippen molar-refractivity contribution in [1.29, 1.82) is 0 Å². The fraction of sp³-hybridized carbons (Fsp3) is 1.00. The number of nitrogens with zero attached hydrogens (tertiary/aromatic N) is 2. The van der Waals surface area contributed by atoms with Crippen LogP contribution in [0.2, 0.25) is 0 Å². The highest BCUT2D eigenvalue weighted by Gasteiger charge is 2.51. The molecule has 186 valence electrons. The number of aliphatic hydroxyl groups excluding tert-OH is 2. The number of hydrogen-bond donors (Lipinski definition) is 7. The Morgan fingerprint density at radius 2 is 2.06 bits per heavy atom. The Hall–Kier alpha value is -0.180. The van der Waals surface area contributed by atoms with Crippen LogP contribution in [0.1, 0.15) is 19.3 Å². The molecule has 4 rings (SSSR count). The number of likely N-dealkylation sites (N-methyl/N-ethyl adjacent to an activating group) is 1. The molecule has 8 N–H and O–H groups in total. The molecule has 0 aromatic rings. The van der Waals surface area contributed by atoms with Crippen molar-refractivity contribution in [3.05, 3.63) is 0 Å². The standard InChI is InChI=1S/C20H39ClFN7O3/c1-28(5-4-24-7-11-2-3-12(21)6-13(11)22)8-14-16(30)17(31)20(32-14)29-10-27-15-18(23)25-9-26-19(15)29/h11-20,24-27,30-31H,2-10,23H2,1H3/t11?,12?,13?,14-,15?,16-,17-,18?,19?,20-/m1/s1. The van der Waals surface area contributed by atoms with Gasteiger partial charge in [-0.2, -0.15) is 0 Å². The molecule has 3 heterocycles. The van der Waals surface area contributed by atoms with Crippen molar-refractivity contribution in [1.82, 2.24) is 31.1 Å². The number of rotatable bonds is 8. The van der Waals surface area contributed by atoms with E-state index < -0.39 is 30.7 Å². The lowest BCUT2D eigenvalue weighted by atomic mass is 9.87. The molecule has 0 aromatic carbocycles. The van der Waals surface area contributed by atoms with Crippen LogP contribution in [-0.4, -0.2) is 121 Å². The summed E-state index contributed by atoms with van der Waals surface area (Å²) in [5.41, 5.74) is 6.12. The van der Waals surface area contributed by atoms with Crippen molar-refractivity contribution in [2.45, 2.75) is 73.7 Å².